The quantitative estimate of drug-likeness (QED) is 0.861. The molecular weight excluding hydrogens is 291 g/mol. The highest BCUT2D eigenvalue weighted by Crippen LogP contribution is 2.11. The third kappa shape index (κ3) is 1.96. The van der Waals surface area contributed by atoms with Crippen LogP contribution in [0.15, 0.2) is 36.7 Å². The molecule has 14 heavy (non-hydrogen) atoms. The predicted octanol–water partition coefficient (Wildman–Crippen LogP) is 1.97. The number of aliphatic hydroxyl groups is 1. The summed E-state index contributed by atoms with van der Waals surface area (Å²) in [5, 5.41) is 13.0. The molecule has 0 bridgehead atoms. The van der Waals surface area contributed by atoms with Gasteiger partial charge >= 0.3 is 0 Å². The summed E-state index contributed by atoms with van der Waals surface area (Å²) in [5.41, 5.74) is 1.83. The number of aliphatic hydroxyl groups excluding tert-OH is 1. The van der Waals surface area contributed by atoms with Crippen LogP contribution in [0.3, 0.4) is 0 Å². The largest absolute Gasteiger partial charge is 0.392 e. The van der Waals surface area contributed by atoms with Gasteiger partial charge in [-0.15, -0.1) is 0 Å². The van der Waals surface area contributed by atoms with Gasteiger partial charge in [-0.3, -0.25) is 0 Å². The van der Waals surface area contributed by atoms with Crippen molar-refractivity contribution >= 4 is 22.6 Å². The fourth-order valence-electron chi connectivity index (χ4n) is 1.18. The van der Waals surface area contributed by atoms with Crippen LogP contribution in [0.1, 0.15) is 5.56 Å². The van der Waals surface area contributed by atoms with Crippen molar-refractivity contribution in [2.24, 2.45) is 0 Å². The van der Waals surface area contributed by atoms with Crippen LogP contribution in [-0.4, -0.2) is 14.9 Å². The Morgan fingerprint density at radius 2 is 2.00 bits per heavy atom. The van der Waals surface area contributed by atoms with Gasteiger partial charge in [-0.1, -0.05) is 0 Å². The van der Waals surface area contributed by atoms with Crippen LogP contribution in [0, 0.1) is 3.57 Å². The van der Waals surface area contributed by atoms with Crippen molar-refractivity contribution in [3.8, 4) is 5.69 Å². The molecule has 0 atom stereocenters. The van der Waals surface area contributed by atoms with Gasteiger partial charge in [0, 0.05) is 15.3 Å². The van der Waals surface area contributed by atoms with Gasteiger partial charge in [-0.2, -0.15) is 5.10 Å². The molecule has 0 unspecified atom stereocenters. The van der Waals surface area contributed by atoms with Gasteiger partial charge in [-0.25, -0.2) is 4.68 Å². The molecule has 2 rings (SSSR count). The van der Waals surface area contributed by atoms with E-state index in [1.165, 1.54) is 3.57 Å². The summed E-state index contributed by atoms with van der Waals surface area (Å²) in [4.78, 5) is 0. The van der Waals surface area contributed by atoms with E-state index >= 15 is 0 Å². The van der Waals surface area contributed by atoms with Gasteiger partial charge in [0.05, 0.1) is 18.5 Å². The summed E-state index contributed by atoms with van der Waals surface area (Å²) in [6.45, 7) is 0.0321. The Morgan fingerprint density at radius 3 is 2.57 bits per heavy atom. The Balaban J connectivity index is 2.34. The van der Waals surface area contributed by atoms with Gasteiger partial charge in [0.25, 0.3) is 0 Å². The smallest absolute Gasteiger partial charge is 0.0712 e. The zero-order chi connectivity index (χ0) is 9.97. The third-order valence-electron chi connectivity index (χ3n) is 1.91. The molecule has 2 aromatic rings. The van der Waals surface area contributed by atoms with E-state index < -0.39 is 0 Å². The van der Waals surface area contributed by atoms with Crippen LogP contribution in [0.2, 0.25) is 0 Å². The minimum atomic E-state index is 0.0321. The molecule has 0 aliphatic carbocycles. The second-order valence-electron chi connectivity index (χ2n) is 2.93. The zero-order valence-corrected chi connectivity index (χ0v) is 9.55. The highest BCUT2D eigenvalue weighted by molar-refractivity contribution is 14.1. The van der Waals surface area contributed by atoms with Crippen molar-refractivity contribution in [3.05, 3.63) is 45.8 Å². The molecule has 1 aromatic heterocycles. The van der Waals surface area contributed by atoms with Crippen molar-refractivity contribution in [3.63, 3.8) is 0 Å². The van der Waals surface area contributed by atoms with Gasteiger partial charge in [-0.05, 0) is 46.9 Å². The lowest BCUT2D eigenvalue weighted by molar-refractivity contribution is 0.282. The van der Waals surface area contributed by atoms with Crippen LogP contribution >= 0.6 is 22.6 Å². The van der Waals surface area contributed by atoms with Crippen molar-refractivity contribution in [2.45, 2.75) is 6.61 Å². The van der Waals surface area contributed by atoms with E-state index in [1.54, 1.807) is 10.9 Å². The second kappa shape index (κ2) is 4.10. The summed E-state index contributed by atoms with van der Waals surface area (Å²) >= 11 is 2.26. The average Bonchev–Trinajstić information content (AvgIpc) is 2.67. The minimum Gasteiger partial charge on any atom is -0.392 e. The normalized spacial score (nSPS) is 10.4. The van der Waals surface area contributed by atoms with E-state index in [4.69, 9.17) is 5.11 Å². The van der Waals surface area contributed by atoms with Crippen LogP contribution in [0.25, 0.3) is 5.69 Å². The molecule has 0 aliphatic rings. The molecule has 72 valence electrons. The van der Waals surface area contributed by atoms with E-state index in [2.05, 4.69) is 27.7 Å². The van der Waals surface area contributed by atoms with Gasteiger partial charge in [0.15, 0.2) is 0 Å². The number of hydrogen-bond donors (Lipinski definition) is 1. The van der Waals surface area contributed by atoms with E-state index in [9.17, 15) is 0 Å². The second-order valence-corrected chi connectivity index (χ2v) is 4.17. The molecular formula is C10H9IN2O. The summed E-state index contributed by atoms with van der Waals surface area (Å²) in [6.07, 6.45) is 3.49. The Morgan fingerprint density at radius 1 is 1.29 bits per heavy atom. The molecule has 1 heterocycles. The maximum atomic E-state index is 8.89. The lowest BCUT2D eigenvalue weighted by atomic mass is 10.3. The van der Waals surface area contributed by atoms with E-state index in [0.717, 1.165) is 11.3 Å². The molecule has 1 aromatic carbocycles. The number of halogens is 1. The SMILES string of the molecule is OCc1cnn(-c2ccc(I)cc2)c1. The number of nitrogens with zero attached hydrogens (tertiary/aromatic N) is 2. The van der Waals surface area contributed by atoms with Crippen LogP contribution < -0.4 is 0 Å². The van der Waals surface area contributed by atoms with E-state index in [0.29, 0.717) is 0 Å². The first-order valence-corrected chi connectivity index (χ1v) is 5.28. The third-order valence-corrected chi connectivity index (χ3v) is 2.63. The molecule has 4 heteroatoms. The Labute approximate surface area is 95.5 Å². The van der Waals surface area contributed by atoms with Crippen LogP contribution in [0.5, 0.6) is 0 Å². The highest BCUT2D eigenvalue weighted by atomic mass is 127. The molecule has 0 aliphatic heterocycles. The van der Waals surface area contributed by atoms with Crippen LogP contribution in [-0.2, 0) is 6.61 Å². The monoisotopic (exact) mass is 300 g/mol. The maximum Gasteiger partial charge on any atom is 0.0712 e. The standard InChI is InChI=1S/C10H9IN2O/c11-9-1-3-10(4-2-9)13-6-8(7-14)5-12-13/h1-6,14H,7H2. The van der Waals surface area contributed by atoms with Crippen molar-refractivity contribution in [1.82, 2.24) is 9.78 Å². The molecule has 1 N–H and O–H groups in total. The Bertz CT molecular complexity index is 422. The predicted molar refractivity (Wildman–Crippen MR) is 62.2 cm³/mol. The Kier molecular flexibility index (Phi) is 2.83. The number of rotatable bonds is 2. The minimum absolute atomic E-state index is 0.0321. The fourth-order valence-corrected chi connectivity index (χ4v) is 1.54. The maximum absolute atomic E-state index is 8.89. The average molecular weight is 300 g/mol. The number of hydrogen-bond acceptors (Lipinski definition) is 2. The van der Waals surface area contributed by atoms with E-state index in [-0.39, 0.29) is 6.61 Å². The van der Waals surface area contributed by atoms with E-state index in [1.807, 2.05) is 30.5 Å². The van der Waals surface area contributed by atoms with Crippen molar-refractivity contribution < 1.29 is 5.11 Å². The van der Waals surface area contributed by atoms with Crippen LogP contribution in [0.4, 0.5) is 0 Å². The van der Waals surface area contributed by atoms with Crippen molar-refractivity contribution in [1.29, 1.82) is 0 Å². The summed E-state index contributed by atoms with van der Waals surface area (Å²) in [7, 11) is 0. The number of aromatic nitrogens is 2. The fraction of sp³-hybridized carbons (Fsp3) is 0.100. The summed E-state index contributed by atoms with van der Waals surface area (Å²) in [6, 6.07) is 8.04. The van der Waals surface area contributed by atoms with Gasteiger partial charge in [0.1, 0.15) is 0 Å². The first kappa shape index (κ1) is 9.67. The summed E-state index contributed by atoms with van der Waals surface area (Å²) in [5.74, 6) is 0. The molecule has 0 fully saturated rings. The first-order valence-electron chi connectivity index (χ1n) is 4.20. The summed E-state index contributed by atoms with van der Waals surface area (Å²) < 4.78 is 2.95. The van der Waals surface area contributed by atoms with Gasteiger partial charge in [0.2, 0.25) is 0 Å². The van der Waals surface area contributed by atoms with Gasteiger partial charge < -0.3 is 5.11 Å². The first-order chi connectivity index (χ1) is 6.79. The topological polar surface area (TPSA) is 38.1 Å². The Hall–Kier alpha value is -0.880. The molecule has 0 saturated carbocycles. The molecule has 0 amide bonds. The molecule has 0 saturated heterocycles. The lowest BCUT2D eigenvalue weighted by Gasteiger charge is -2.00. The van der Waals surface area contributed by atoms with Crippen molar-refractivity contribution in [2.75, 3.05) is 0 Å². The molecule has 3 nitrogen and oxygen atoms in total. The zero-order valence-electron chi connectivity index (χ0n) is 7.39. The lowest BCUT2D eigenvalue weighted by Crippen LogP contribution is -1.93. The number of benzene rings is 1. The highest BCUT2D eigenvalue weighted by Gasteiger charge is 1.99. The molecule has 0 spiro atoms. The molecule has 0 radical (unpaired) electrons.